The Morgan fingerprint density at radius 2 is 1.80 bits per heavy atom. The van der Waals surface area contributed by atoms with Crippen LogP contribution in [0.4, 0.5) is 0 Å². The van der Waals surface area contributed by atoms with Gasteiger partial charge in [0.2, 0.25) is 5.91 Å². The van der Waals surface area contributed by atoms with E-state index < -0.39 is 10.0 Å². The van der Waals surface area contributed by atoms with Crippen LogP contribution in [-0.2, 0) is 27.7 Å². The van der Waals surface area contributed by atoms with Crippen molar-refractivity contribution in [1.29, 1.82) is 0 Å². The third-order valence-corrected chi connectivity index (χ3v) is 9.99. The molecule has 1 saturated heterocycles. The maximum absolute atomic E-state index is 13.3. The van der Waals surface area contributed by atoms with Crippen molar-refractivity contribution in [2.75, 3.05) is 13.1 Å². The lowest BCUT2D eigenvalue weighted by molar-refractivity contribution is -0.133. The summed E-state index contributed by atoms with van der Waals surface area (Å²) < 4.78 is 27.8. The first-order chi connectivity index (χ1) is 14.5. The van der Waals surface area contributed by atoms with Crippen molar-refractivity contribution in [3.05, 3.63) is 52.4 Å². The van der Waals surface area contributed by atoms with Gasteiger partial charge in [0.1, 0.15) is 4.21 Å². The number of carbonyl (C=O) groups is 1. The second-order valence-electron chi connectivity index (χ2n) is 8.65. The Labute approximate surface area is 182 Å². The second kappa shape index (κ2) is 8.09. The summed E-state index contributed by atoms with van der Waals surface area (Å²) in [5.74, 6) is 0.128. The molecule has 2 aromatic rings. The number of nitrogens with zero attached hydrogens (tertiary/aromatic N) is 2. The van der Waals surface area contributed by atoms with E-state index in [1.807, 2.05) is 6.07 Å². The first-order valence-electron chi connectivity index (χ1n) is 11.0. The molecular formula is C23H28N2O3S2. The average Bonchev–Trinajstić information content (AvgIpc) is 3.31. The summed E-state index contributed by atoms with van der Waals surface area (Å²) in [6.07, 6.45) is 7.39. The van der Waals surface area contributed by atoms with Crippen LogP contribution in [-0.4, -0.2) is 42.7 Å². The molecule has 160 valence electrons. The molecule has 2 heterocycles. The van der Waals surface area contributed by atoms with Gasteiger partial charge in [-0.25, -0.2) is 8.42 Å². The quantitative estimate of drug-likeness (QED) is 0.673. The topological polar surface area (TPSA) is 57.7 Å². The monoisotopic (exact) mass is 444 g/mol. The Morgan fingerprint density at radius 1 is 1.03 bits per heavy atom. The van der Waals surface area contributed by atoms with Gasteiger partial charge in [-0.15, -0.1) is 11.3 Å². The molecule has 0 bridgehead atoms. The Balaban J connectivity index is 1.33. The highest BCUT2D eigenvalue weighted by Crippen LogP contribution is 2.42. The van der Waals surface area contributed by atoms with Crippen molar-refractivity contribution in [3.63, 3.8) is 0 Å². The van der Waals surface area contributed by atoms with Crippen LogP contribution < -0.4 is 0 Å². The van der Waals surface area contributed by atoms with Crippen LogP contribution in [0.5, 0.6) is 0 Å². The van der Waals surface area contributed by atoms with Gasteiger partial charge in [-0.3, -0.25) is 4.79 Å². The van der Waals surface area contributed by atoms with E-state index in [0.717, 1.165) is 49.8 Å². The van der Waals surface area contributed by atoms with Gasteiger partial charge in [-0.05, 0) is 61.8 Å². The minimum Gasteiger partial charge on any atom is -0.332 e. The number of hydrogen-bond donors (Lipinski definition) is 0. The van der Waals surface area contributed by atoms with Crippen molar-refractivity contribution in [2.45, 2.75) is 67.7 Å². The molecule has 5 rings (SSSR count). The molecule has 1 aliphatic heterocycles. The summed E-state index contributed by atoms with van der Waals surface area (Å²) in [6.45, 7) is 1.20. The van der Waals surface area contributed by atoms with Gasteiger partial charge in [0.25, 0.3) is 10.0 Å². The number of carbonyl (C=O) groups excluding carboxylic acids is 1. The standard InChI is InChI=1S/C23H28N2O3S2/c26-22(25(18-9-10-18)21-12-8-17-6-2-3-7-20(17)21)16-19-11-13-23(29-19)30(27,28)24-14-4-1-5-15-24/h2-3,6-7,11,13,18,21H,1,4-5,8-10,12,14-16H2/t21-/m1/s1. The van der Waals surface area contributed by atoms with Crippen LogP contribution in [0.25, 0.3) is 0 Å². The third kappa shape index (κ3) is 3.83. The molecule has 1 aromatic carbocycles. The van der Waals surface area contributed by atoms with Crippen LogP contribution in [0.2, 0.25) is 0 Å². The average molecular weight is 445 g/mol. The molecule has 0 N–H and O–H groups in total. The minimum absolute atomic E-state index is 0.128. The van der Waals surface area contributed by atoms with E-state index in [-0.39, 0.29) is 18.4 Å². The van der Waals surface area contributed by atoms with E-state index in [1.165, 1.54) is 22.5 Å². The number of fused-ring (bicyclic) bond motifs is 1. The van der Waals surface area contributed by atoms with E-state index in [1.54, 1.807) is 10.4 Å². The van der Waals surface area contributed by atoms with E-state index in [0.29, 0.717) is 23.3 Å². The van der Waals surface area contributed by atoms with Gasteiger partial charge in [-0.1, -0.05) is 30.7 Å². The molecule has 1 amide bonds. The summed E-state index contributed by atoms with van der Waals surface area (Å²) in [5, 5.41) is 0. The lowest BCUT2D eigenvalue weighted by Gasteiger charge is -2.30. The van der Waals surface area contributed by atoms with Crippen molar-refractivity contribution in [3.8, 4) is 0 Å². The summed E-state index contributed by atoms with van der Waals surface area (Å²) in [7, 11) is -3.43. The molecule has 0 radical (unpaired) electrons. The Kier molecular flexibility index (Phi) is 5.45. The summed E-state index contributed by atoms with van der Waals surface area (Å²) in [5.41, 5.74) is 2.64. The number of rotatable bonds is 6. The molecule has 5 nitrogen and oxygen atoms in total. The summed E-state index contributed by atoms with van der Waals surface area (Å²) >= 11 is 1.26. The molecule has 7 heteroatoms. The zero-order valence-corrected chi connectivity index (χ0v) is 18.8. The first kappa shape index (κ1) is 20.2. The fraction of sp³-hybridized carbons (Fsp3) is 0.522. The van der Waals surface area contributed by atoms with E-state index >= 15 is 0 Å². The fourth-order valence-electron chi connectivity index (χ4n) is 4.87. The zero-order valence-electron chi connectivity index (χ0n) is 17.1. The van der Waals surface area contributed by atoms with Crippen LogP contribution in [0.15, 0.2) is 40.6 Å². The zero-order chi connectivity index (χ0) is 20.7. The van der Waals surface area contributed by atoms with Gasteiger partial charge < -0.3 is 4.90 Å². The molecule has 1 saturated carbocycles. The molecular weight excluding hydrogens is 416 g/mol. The molecule has 3 aliphatic rings. The Hall–Kier alpha value is -1.70. The Bertz CT molecular complexity index is 1040. The number of piperidine rings is 1. The second-order valence-corrected chi connectivity index (χ2v) is 12.0. The van der Waals surface area contributed by atoms with Crippen LogP contribution in [0.1, 0.15) is 60.6 Å². The number of thiophene rings is 1. The Morgan fingerprint density at radius 3 is 2.57 bits per heavy atom. The molecule has 1 atom stereocenters. The predicted octanol–water partition coefficient (Wildman–Crippen LogP) is 4.14. The molecule has 2 fully saturated rings. The SMILES string of the molecule is O=C(Cc1ccc(S(=O)(=O)N2CCCCC2)s1)N(C1CC1)[C@@H]1CCc2ccccc21. The maximum Gasteiger partial charge on any atom is 0.252 e. The van der Waals surface area contributed by atoms with Gasteiger partial charge in [0.05, 0.1) is 12.5 Å². The van der Waals surface area contributed by atoms with Crippen molar-refractivity contribution in [2.24, 2.45) is 0 Å². The number of amides is 1. The highest BCUT2D eigenvalue weighted by atomic mass is 32.2. The van der Waals surface area contributed by atoms with Gasteiger partial charge in [0.15, 0.2) is 0 Å². The van der Waals surface area contributed by atoms with Crippen LogP contribution >= 0.6 is 11.3 Å². The van der Waals surface area contributed by atoms with E-state index in [4.69, 9.17) is 0 Å². The lowest BCUT2D eigenvalue weighted by Crippen LogP contribution is -2.37. The number of aryl methyl sites for hydroxylation is 1. The fourth-order valence-corrected chi connectivity index (χ4v) is 7.89. The highest BCUT2D eigenvalue weighted by Gasteiger charge is 2.40. The van der Waals surface area contributed by atoms with E-state index in [2.05, 4.69) is 29.2 Å². The summed E-state index contributed by atoms with van der Waals surface area (Å²) in [6, 6.07) is 12.5. The normalized spacial score (nSPS) is 22.1. The highest BCUT2D eigenvalue weighted by molar-refractivity contribution is 7.91. The van der Waals surface area contributed by atoms with Crippen molar-refractivity contribution >= 4 is 27.3 Å². The minimum atomic E-state index is -3.43. The maximum atomic E-state index is 13.3. The van der Waals surface area contributed by atoms with Crippen LogP contribution in [0.3, 0.4) is 0 Å². The molecule has 2 aliphatic carbocycles. The van der Waals surface area contributed by atoms with Crippen molar-refractivity contribution in [1.82, 2.24) is 9.21 Å². The molecule has 1 aromatic heterocycles. The van der Waals surface area contributed by atoms with Gasteiger partial charge in [-0.2, -0.15) is 4.31 Å². The van der Waals surface area contributed by atoms with E-state index in [9.17, 15) is 13.2 Å². The predicted molar refractivity (Wildman–Crippen MR) is 118 cm³/mol. The largest absolute Gasteiger partial charge is 0.332 e. The smallest absolute Gasteiger partial charge is 0.252 e. The van der Waals surface area contributed by atoms with Crippen LogP contribution in [0, 0.1) is 0 Å². The van der Waals surface area contributed by atoms with Gasteiger partial charge in [0, 0.05) is 24.0 Å². The molecule has 30 heavy (non-hydrogen) atoms. The number of hydrogen-bond acceptors (Lipinski definition) is 4. The third-order valence-electron chi connectivity index (χ3n) is 6.54. The molecule has 0 unspecified atom stereocenters. The van der Waals surface area contributed by atoms with Gasteiger partial charge >= 0.3 is 0 Å². The molecule has 0 spiro atoms. The first-order valence-corrected chi connectivity index (χ1v) is 13.3. The number of sulfonamides is 1. The van der Waals surface area contributed by atoms with Crippen molar-refractivity contribution < 1.29 is 13.2 Å². The number of benzene rings is 1. The summed E-state index contributed by atoms with van der Waals surface area (Å²) in [4.78, 5) is 16.3. The lowest BCUT2D eigenvalue weighted by atomic mass is 10.1.